The van der Waals surface area contributed by atoms with Crippen LogP contribution in [0.15, 0.2) is 41.6 Å². The number of nitrogens with one attached hydrogen (secondary N) is 2. The molecule has 2 unspecified atom stereocenters. The highest BCUT2D eigenvalue weighted by molar-refractivity contribution is 8.00. The van der Waals surface area contributed by atoms with Gasteiger partial charge in [-0.05, 0) is 55.7 Å². The number of hydrogen-bond acceptors (Lipinski definition) is 6. The quantitative estimate of drug-likeness (QED) is 0.627. The molecule has 0 bridgehead atoms. The van der Waals surface area contributed by atoms with Crippen LogP contribution >= 0.6 is 23.4 Å². The lowest BCUT2D eigenvalue weighted by Crippen LogP contribution is -2.41. The van der Waals surface area contributed by atoms with Gasteiger partial charge in [0.25, 0.3) is 0 Å². The SMILES string of the molecule is COc1ccc(C2Nn3c(C)nnc3SC2C(=O)Nc2cc(C)ccc2C)cc1Cl. The molecule has 0 saturated heterocycles. The Bertz CT molecular complexity index is 1120. The zero-order chi connectivity index (χ0) is 21.4. The third-order valence-electron chi connectivity index (χ3n) is 5.04. The average Bonchev–Trinajstić information content (AvgIpc) is 3.09. The minimum atomic E-state index is -0.481. The molecule has 7 nitrogen and oxygen atoms in total. The lowest BCUT2D eigenvalue weighted by molar-refractivity contribution is -0.116. The van der Waals surface area contributed by atoms with Crippen LogP contribution in [0.25, 0.3) is 0 Å². The number of benzene rings is 2. The van der Waals surface area contributed by atoms with Crippen molar-refractivity contribution >= 4 is 35.0 Å². The van der Waals surface area contributed by atoms with E-state index in [1.165, 1.54) is 11.8 Å². The number of halogens is 1. The third-order valence-corrected chi connectivity index (χ3v) is 6.55. The molecule has 0 radical (unpaired) electrons. The molecule has 2 N–H and O–H groups in total. The fourth-order valence-corrected chi connectivity index (χ4v) is 4.75. The van der Waals surface area contributed by atoms with Crippen LogP contribution < -0.4 is 15.5 Å². The summed E-state index contributed by atoms with van der Waals surface area (Å²) in [7, 11) is 1.57. The van der Waals surface area contributed by atoms with Crippen LogP contribution in [0.4, 0.5) is 5.69 Å². The van der Waals surface area contributed by atoms with Crippen molar-refractivity contribution in [3.05, 3.63) is 63.9 Å². The number of anilines is 1. The van der Waals surface area contributed by atoms with Gasteiger partial charge in [-0.25, -0.2) is 4.68 Å². The highest BCUT2D eigenvalue weighted by atomic mass is 35.5. The van der Waals surface area contributed by atoms with Crippen molar-refractivity contribution in [1.82, 2.24) is 14.9 Å². The number of nitrogens with zero attached hydrogens (tertiary/aromatic N) is 3. The van der Waals surface area contributed by atoms with E-state index in [1.807, 2.05) is 51.1 Å². The van der Waals surface area contributed by atoms with Gasteiger partial charge in [0, 0.05) is 5.69 Å². The summed E-state index contributed by atoms with van der Waals surface area (Å²) in [6.07, 6.45) is 0. The van der Waals surface area contributed by atoms with Crippen LogP contribution in [-0.4, -0.2) is 33.1 Å². The van der Waals surface area contributed by atoms with Crippen molar-refractivity contribution in [2.24, 2.45) is 0 Å². The van der Waals surface area contributed by atoms with E-state index in [4.69, 9.17) is 16.3 Å². The highest BCUT2D eigenvalue weighted by Gasteiger charge is 2.37. The van der Waals surface area contributed by atoms with Gasteiger partial charge >= 0.3 is 0 Å². The van der Waals surface area contributed by atoms with Gasteiger partial charge in [-0.3, -0.25) is 4.79 Å². The Labute approximate surface area is 184 Å². The number of carbonyl (C=O) groups excluding carboxylic acids is 1. The summed E-state index contributed by atoms with van der Waals surface area (Å²) in [5.41, 5.74) is 7.14. The summed E-state index contributed by atoms with van der Waals surface area (Å²) in [5.74, 6) is 1.18. The molecular formula is C21H22ClN5O2S. The second-order valence-electron chi connectivity index (χ2n) is 7.21. The van der Waals surface area contributed by atoms with E-state index in [-0.39, 0.29) is 11.9 Å². The zero-order valence-electron chi connectivity index (χ0n) is 17.1. The largest absolute Gasteiger partial charge is 0.495 e. The summed E-state index contributed by atoms with van der Waals surface area (Å²) < 4.78 is 7.07. The second kappa shape index (κ2) is 8.20. The van der Waals surface area contributed by atoms with Gasteiger partial charge in [0.1, 0.15) is 16.8 Å². The first-order valence-electron chi connectivity index (χ1n) is 9.44. The maximum Gasteiger partial charge on any atom is 0.240 e. The molecule has 4 rings (SSSR count). The summed E-state index contributed by atoms with van der Waals surface area (Å²) in [4.78, 5) is 13.4. The van der Waals surface area contributed by atoms with Gasteiger partial charge in [0.2, 0.25) is 11.1 Å². The topological polar surface area (TPSA) is 81.1 Å². The maximum atomic E-state index is 13.4. The van der Waals surface area contributed by atoms with E-state index in [0.717, 1.165) is 28.2 Å². The Morgan fingerprint density at radius 1 is 1.20 bits per heavy atom. The minimum absolute atomic E-state index is 0.120. The Morgan fingerprint density at radius 3 is 2.73 bits per heavy atom. The van der Waals surface area contributed by atoms with E-state index < -0.39 is 5.25 Å². The number of aryl methyl sites for hydroxylation is 3. The van der Waals surface area contributed by atoms with Crippen LogP contribution in [-0.2, 0) is 4.79 Å². The summed E-state index contributed by atoms with van der Waals surface area (Å²) in [6, 6.07) is 11.2. The fraction of sp³-hybridized carbons (Fsp3) is 0.286. The maximum absolute atomic E-state index is 13.4. The molecule has 1 aromatic heterocycles. The lowest BCUT2D eigenvalue weighted by atomic mass is 10.0. The molecule has 30 heavy (non-hydrogen) atoms. The minimum Gasteiger partial charge on any atom is -0.495 e. The fourth-order valence-electron chi connectivity index (χ4n) is 3.36. The van der Waals surface area contributed by atoms with Crippen LogP contribution in [0.3, 0.4) is 0 Å². The summed E-state index contributed by atoms with van der Waals surface area (Å²) in [5, 5.41) is 12.0. The van der Waals surface area contributed by atoms with Crippen molar-refractivity contribution in [3.63, 3.8) is 0 Å². The van der Waals surface area contributed by atoms with Crippen LogP contribution in [0.5, 0.6) is 5.75 Å². The average molecular weight is 444 g/mol. The molecule has 2 atom stereocenters. The molecule has 0 fully saturated rings. The number of methoxy groups -OCH3 is 1. The Morgan fingerprint density at radius 2 is 2.00 bits per heavy atom. The molecule has 2 heterocycles. The first-order chi connectivity index (χ1) is 14.4. The smallest absolute Gasteiger partial charge is 0.240 e. The lowest BCUT2D eigenvalue weighted by Gasteiger charge is -2.33. The molecule has 0 spiro atoms. The number of aromatic nitrogens is 3. The second-order valence-corrected chi connectivity index (χ2v) is 8.73. The number of amides is 1. The number of thioether (sulfide) groups is 1. The third kappa shape index (κ3) is 3.85. The molecule has 1 aliphatic heterocycles. The van der Waals surface area contributed by atoms with Gasteiger partial charge in [0.05, 0.1) is 18.2 Å². The van der Waals surface area contributed by atoms with E-state index in [9.17, 15) is 4.79 Å². The molecule has 0 saturated carbocycles. The monoisotopic (exact) mass is 443 g/mol. The molecule has 3 aromatic rings. The van der Waals surface area contributed by atoms with Gasteiger partial charge < -0.3 is 15.5 Å². The van der Waals surface area contributed by atoms with E-state index in [2.05, 4.69) is 20.9 Å². The number of carbonyl (C=O) groups is 1. The summed E-state index contributed by atoms with van der Waals surface area (Å²) >= 11 is 7.74. The van der Waals surface area contributed by atoms with E-state index >= 15 is 0 Å². The summed E-state index contributed by atoms with van der Waals surface area (Å²) in [6.45, 7) is 5.83. The number of ether oxygens (including phenoxy) is 1. The van der Waals surface area contributed by atoms with Crippen LogP contribution in [0.1, 0.15) is 28.6 Å². The molecule has 156 valence electrons. The molecule has 0 aliphatic carbocycles. The van der Waals surface area contributed by atoms with E-state index in [0.29, 0.717) is 15.9 Å². The molecular weight excluding hydrogens is 422 g/mol. The predicted molar refractivity (Wildman–Crippen MR) is 119 cm³/mol. The normalized spacial score (nSPS) is 17.8. The molecule has 1 aliphatic rings. The molecule has 9 heteroatoms. The highest BCUT2D eigenvalue weighted by Crippen LogP contribution is 2.39. The van der Waals surface area contributed by atoms with Crippen molar-refractivity contribution < 1.29 is 9.53 Å². The standard InChI is InChI=1S/C21H22ClN5O2S/c1-11-5-6-12(2)16(9-11)23-20(28)19-18(14-7-8-17(29-4)15(22)10-14)26-27-13(3)24-25-21(27)30-19/h5-10,18-19,26H,1-4H3,(H,23,28). The number of fused-ring (bicyclic) bond motifs is 1. The van der Waals surface area contributed by atoms with Crippen LogP contribution in [0.2, 0.25) is 5.02 Å². The Kier molecular flexibility index (Phi) is 5.62. The Balaban J connectivity index is 1.70. The van der Waals surface area contributed by atoms with Crippen molar-refractivity contribution in [1.29, 1.82) is 0 Å². The first-order valence-corrected chi connectivity index (χ1v) is 10.7. The predicted octanol–water partition coefficient (Wildman–Crippen LogP) is 4.26. The first kappa shape index (κ1) is 20.6. The van der Waals surface area contributed by atoms with Gasteiger partial charge in [0.15, 0.2) is 0 Å². The van der Waals surface area contributed by atoms with Crippen LogP contribution in [0, 0.1) is 20.8 Å². The number of rotatable bonds is 4. The molecule has 2 aromatic carbocycles. The van der Waals surface area contributed by atoms with Gasteiger partial charge in [-0.15, -0.1) is 10.2 Å². The Hall–Kier alpha value is -2.71. The van der Waals surface area contributed by atoms with Crippen molar-refractivity contribution in [3.8, 4) is 5.75 Å². The van der Waals surface area contributed by atoms with Crippen molar-refractivity contribution in [2.45, 2.75) is 37.2 Å². The zero-order valence-corrected chi connectivity index (χ0v) is 18.6. The number of hydrogen-bond donors (Lipinski definition) is 2. The van der Waals surface area contributed by atoms with E-state index in [1.54, 1.807) is 17.9 Å². The van der Waals surface area contributed by atoms with Gasteiger partial charge in [-0.2, -0.15) is 0 Å². The molecule has 1 amide bonds. The van der Waals surface area contributed by atoms with Gasteiger partial charge in [-0.1, -0.05) is 41.6 Å². The van der Waals surface area contributed by atoms with Crippen molar-refractivity contribution in [2.75, 3.05) is 17.9 Å².